The number of hydrogen-bond donors (Lipinski definition) is 0. The normalized spacial score (nSPS) is 12.4. The Balaban J connectivity index is 4.82. The van der Waals surface area contributed by atoms with E-state index in [2.05, 4.69) is 27.7 Å². The average Bonchev–Trinajstić information content (AvgIpc) is 2.98. The molecule has 250 valence electrons. The minimum atomic E-state index is -1.12. The van der Waals surface area contributed by atoms with E-state index in [1.807, 2.05) is 0 Å². The molecule has 0 saturated heterocycles. The molecule has 0 radical (unpaired) electrons. The van der Waals surface area contributed by atoms with E-state index < -0.39 is 7.26 Å². The van der Waals surface area contributed by atoms with Crippen molar-refractivity contribution in [2.45, 2.75) is 233 Å². The van der Waals surface area contributed by atoms with Gasteiger partial charge in [-0.2, -0.15) is 0 Å². The van der Waals surface area contributed by atoms with Crippen LogP contribution in [0.3, 0.4) is 0 Å². The SMILES string of the molecule is CCCCCCCCCC[PH](CCCCCCCCCC)(CCCCCCCCCC)CCCCCCCCCC. The Hall–Kier alpha value is 0.430. The van der Waals surface area contributed by atoms with Crippen LogP contribution in [-0.4, -0.2) is 24.6 Å². The van der Waals surface area contributed by atoms with E-state index in [0.29, 0.717) is 0 Å². The van der Waals surface area contributed by atoms with Crippen molar-refractivity contribution < 1.29 is 0 Å². The standard InChI is InChI=1S/C40H85P/c1-5-9-13-17-21-25-29-33-37-41(38-34-30-26-22-18-14-10-6-2,39-35-31-27-23-19-15-11-7-3)40-36-32-28-24-20-16-12-8-4/h41H,5-40H2,1-4H3. The maximum absolute atomic E-state index is 2.34. The molecule has 0 nitrogen and oxygen atoms in total. The van der Waals surface area contributed by atoms with E-state index >= 15 is 0 Å². The first kappa shape index (κ1) is 41.4. The van der Waals surface area contributed by atoms with Gasteiger partial charge in [0.1, 0.15) is 0 Å². The fourth-order valence-electron chi connectivity index (χ4n) is 7.29. The van der Waals surface area contributed by atoms with Crippen LogP contribution in [0.15, 0.2) is 0 Å². The molecule has 1 heteroatoms. The molecule has 0 N–H and O–H groups in total. The molecule has 0 aliphatic heterocycles. The molecule has 0 aromatic carbocycles. The molecule has 0 atom stereocenters. The third kappa shape index (κ3) is 30.2. The molecule has 41 heavy (non-hydrogen) atoms. The third-order valence-corrected chi connectivity index (χ3v) is 15.9. The van der Waals surface area contributed by atoms with Gasteiger partial charge >= 0.3 is 265 Å². The van der Waals surface area contributed by atoms with Gasteiger partial charge < -0.3 is 0 Å². The second kappa shape index (κ2) is 34.9. The van der Waals surface area contributed by atoms with Crippen molar-refractivity contribution in [3.8, 4) is 0 Å². The summed E-state index contributed by atoms with van der Waals surface area (Å²) in [5, 5.41) is 0. The molecule has 0 aromatic rings. The zero-order valence-electron chi connectivity index (χ0n) is 30.0. The van der Waals surface area contributed by atoms with Gasteiger partial charge in [0.2, 0.25) is 0 Å². The Morgan fingerprint density at radius 2 is 0.341 bits per heavy atom. The van der Waals surface area contributed by atoms with Crippen molar-refractivity contribution in [1.29, 1.82) is 0 Å². The summed E-state index contributed by atoms with van der Waals surface area (Å²) in [5.41, 5.74) is 0. The molecule has 0 rings (SSSR count). The number of unbranched alkanes of at least 4 members (excludes halogenated alkanes) is 28. The van der Waals surface area contributed by atoms with E-state index in [1.54, 1.807) is 50.3 Å². The molecule has 0 aliphatic carbocycles. The van der Waals surface area contributed by atoms with E-state index in [4.69, 9.17) is 0 Å². The van der Waals surface area contributed by atoms with E-state index in [0.717, 1.165) is 0 Å². The predicted octanol–water partition coefficient (Wildman–Crippen LogP) is 15.3. The van der Waals surface area contributed by atoms with Crippen LogP contribution in [-0.2, 0) is 0 Å². The second-order valence-corrected chi connectivity index (χ2v) is 19.4. The molecule has 0 unspecified atom stereocenters. The summed E-state index contributed by atoms with van der Waals surface area (Å²) in [4.78, 5) is 0. The number of hydrogen-bond acceptors (Lipinski definition) is 0. The third-order valence-electron chi connectivity index (χ3n) is 10.2. The zero-order valence-corrected chi connectivity index (χ0v) is 31.0. The summed E-state index contributed by atoms with van der Waals surface area (Å²) in [6.45, 7) is 9.37. The van der Waals surface area contributed by atoms with Crippen LogP contribution < -0.4 is 0 Å². The summed E-state index contributed by atoms with van der Waals surface area (Å²) >= 11 is 0. The molecule has 0 saturated carbocycles. The van der Waals surface area contributed by atoms with Crippen molar-refractivity contribution in [3.05, 3.63) is 0 Å². The molecule has 0 heterocycles. The average molecular weight is 597 g/mol. The fourth-order valence-corrected chi connectivity index (χ4v) is 12.8. The predicted molar refractivity (Wildman–Crippen MR) is 198 cm³/mol. The van der Waals surface area contributed by atoms with Gasteiger partial charge in [0.25, 0.3) is 0 Å². The van der Waals surface area contributed by atoms with Gasteiger partial charge in [0.15, 0.2) is 0 Å². The number of rotatable bonds is 36. The van der Waals surface area contributed by atoms with Gasteiger partial charge in [-0.1, -0.05) is 0 Å². The Kier molecular flexibility index (Phi) is 35.3. The minimum absolute atomic E-state index is 1.12. The van der Waals surface area contributed by atoms with Crippen LogP contribution >= 0.6 is 7.26 Å². The Labute approximate surface area is 264 Å². The van der Waals surface area contributed by atoms with Gasteiger partial charge in [-0.15, -0.1) is 0 Å². The summed E-state index contributed by atoms with van der Waals surface area (Å²) in [6.07, 6.45) is 54.4. The molecule has 0 aliphatic rings. The summed E-state index contributed by atoms with van der Waals surface area (Å²) < 4.78 is 0. The quantitative estimate of drug-likeness (QED) is 0.0498. The summed E-state index contributed by atoms with van der Waals surface area (Å²) in [7, 11) is -1.12. The molecule has 0 spiro atoms. The van der Waals surface area contributed by atoms with Gasteiger partial charge in [0, 0.05) is 0 Å². The van der Waals surface area contributed by atoms with Crippen molar-refractivity contribution in [3.63, 3.8) is 0 Å². The molecule has 0 bridgehead atoms. The van der Waals surface area contributed by atoms with Gasteiger partial charge in [-0.05, 0) is 0 Å². The van der Waals surface area contributed by atoms with Crippen LogP contribution in [0.5, 0.6) is 0 Å². The Morgan fingerprint density at radius 3 is 0.512 bits per heavy atom. The van der Waals surface area contributed by atoms with Crippen LogP contribution in [0.2, 0.25) is 0 Å². The van der Waals surface area contributed by atoms with Crippen molar-refractivity contribution in [2.75, 3.05) is 24.6 Å². The first-order valence-corrected chi connectivity index (χ1v) is 23.1. The Bertz CT molecular complexity index is 372. The van der Waals surface area contributed by atoms with Gasteiger partial charge in [-0.3, -0.25) is 0 Å². The molecule has 0 amide bonds. The topological polar surface area (TPSA) is 0 Å². The first-order valence-electron chi connectivity index (χ1n) is 20.2. The van der Waals surface area contributed by atoms with Gasteiger partial charge in [0.05, 0.1) is 0 Å². The summed E-state index contributed by atoms with van der Waals surface area (Å²) in [6, 6.07) is 0. The Morgan fingerprint density at radius 1 is 0.195 bits per heavy atom. The molecular weight excluding hydrogens is 511 g/mol. The van der Waals surface area contributed by atoms with E-state index in [-0.39, 0.29) is 0 Å². The van der Waals surface area contributed by atoms with Crippen molar-refractivity contribution in [1.82, 2.24) is 0 Å². The second-order valence-electron chi connectivity index (χ2n) is 14.4. The van der Waals surface area contributed by atoms with Crippen molar-refractivity contribution >= 4 is 7.26 Å². The molecule has 0 aromatic heterocycles. The van der Waals surface area contributed by atoms with Crippen molar-refractivity contribution in [2.24, 2.45) is 0 Å². The van der Waals surface area contributed by atoms with Crippen LogP contribution in [0.4, 0.5) is 0 Å². The van der Waals surface area contributed by atoms with E-state index in [1.165, 1.54) is 180 Å². The van der Waals surface area contributed by atoms with Crippen LogP contribution in [0, 0.1) is 0 Å². The van der Waals surface area contributed by atoms with Crippen LogP contribution in [0.1, 0.15) is 233 Å². The van der Waals surface area contributed by atoms with Crippen LogP contribution in [0.25, 0.3) is 0 Å². The first-order chi connectivity index (χ1) is 20.2. The van der Waals surface area contributed by atoms with Gasteiger partial charge in [-0.25, -0.2) is 0 Å². The maximum atomic E-state index is 2.34. The zero-order chi connectivity index (χ0) is 30.0. The monoisotopic (exact) mass is 597 g/mol. The summed E-state index contributed by atoms with van der Waals surface area (Å²) in [5.74, 6) is 0. The fraction of sp³-hybridized carbons (Fsp3) is 1.00. The molecular formula is C40H85P. The molecule has 0 fully saturated rings. The van der Waals surface area contributed by atoms with E-state index in [9.17, 15) is 0 Å².